The van der Waals surface area contributed by atoms with E-state index in [1.165, 1.54) is 0 Å². The van der Waals surface area contributed by atoms with Gasteiger partial charge in [0.1, 0.15) is 0 Å². The van der Waals surface area contributed by atoms with Crippen molar-refractivity contribution in [1.29, 1.82) is 0 Å². The standard InChI is InChI=1S/C6H10O2/c1-4(2)5(3)6(7)8/h4H,3H2,1-2H3,(H,7,8)/p-1. The van der Waals surface area contributed by atoms with Crippen molar-refractivity contribution in [1.82, 2.24) is 0 Å². The maximum absolute atomic E-state index is 9.93. The van der Waals surface area contributed by atoms with Gasteiger partial charge in [-0.15, -0.1) is 0 Å². The Bertz CT molecular complexity index is 114. The van der Waals surface area contributed by atoms with Crippen molar-refractivity contribution in [3.63, 3.8) is 0 Å². The van der Waals surface area contributed by atoms with Gasteiger partial charge in [0.15, 0.2) is 0 Å². The molecule has 0 saturated heterocycles. The molecule has 8 heavy (non-hydrogen) atoms. The van der Waals surface area contributed by atoms with Crippen LogP contribution in [0.15, 0.2) is 12.2 Å². The summed E-state index contributed by atoms with van der Waals surface area (Å²) in [5.74, 6) is -1.17. The molecular formula is C6H9O2-. The topological polar surface area (TPSA) is 40.1 Å². The van der Waals surface area contributed by atoms with Gasteiger partial charge in [-0.05, 0) is 11.5 Å². The Morgan fingerprint density at radius 1 is 1.62 bits per heavy atom. The number of hydrogen-bond donors (Lipinski definition) is 0. The summed E-state index contributed by atoms with van der Waals surface area (Å²) >= 11 is 0. The van der Waals surface area contributed by atoms with Gasteiger partial charge in [0.2, 0.25) is 0 Å². The molecule has 0 aromatic heterocycles. The Balaban J connectivity index is 3.84. The van der Waals surface area contributed by atoms with Crippen molar-refractivity contribution in [3.8, 4) is 0 Å². The normalized spacial score (nSPS) is 9.38. The molecule has 0 aliphatic heterocycles. The number of carboxylic acids is 1. The molecule has 0 amide bonds. The summed E-state index contributed by atoms with van der Waals surface area (Å²) in [6.45, 7) is 6.82. The smallest absolute Gasteiger partial charge is 0.0671 e. The lowest BCUT2D eigenvalue weighted by molar-refractivity contribution is -0.299. The summed E-state index contributed by atoms with van der Waals surface area (Å²) in [6, 6.07) is 0. The van der Waals surface area contributed by atoms with Crippen LogP contribution in [0.5, 0.6) is 0 Å². The fraction of sp³-hybridized carbons (Fsp3) is 0.500. The van der Waals surface area contributed by atoms with Crippen LogP contribution < -0.4 is 5.11 Å². The van der Waals surface area contributed by atoms with Crippen LogP contribution in [-0.2, 0) is 4.79 Å². The zero-order valence-electron chi connectivity index (χ0n) is 5.10. The first-order valence-corrected chi connectivity index (χ1v) is 2.46. The quantitative estimate of drug-likeness (QED) is 0.471. The Morgan fingerprint density at radius 3 is 2.00 bits per heavy atom. The van der Waals surface area contributed by atoms with E-state index in [9.17, 15) is 9.90 Å². The average Bonchev–Trinajstić information content (AvgIpc) is 1.64. The average molecular weight is 113 g/mol. The van der Waals surface area contributed by atoms with Crippen LogP contribution in [0.3, 0.4) is 0 Å². The molecule has 0 aromatic carbocycles. The van der Waals surface area contributed by atoms with Gasteiger partial charge in [-0.25, -0.2) is 0 Å². The van der Waals surface area contributed by atoms with E-state index in [0.717, 1.165) is 0 Å². The number of carboxylic acid groups (broad SMARTS) is 1. The first kappa shape index (κ1) is 7.21. The van der Waals surface area contributed by atoms with Crippen LogP contribution in [0, 0.1) is 5.92 Å². The van der Waals surface area contributed by atoms with Gasteiger partial charge >= 0.3 is 0 Å². The van der Waals surface area contributed by atoms with E-state index >= 15 is 0 Å². The van der Waals surface area contributed by atoms with Crippen LogP contribution in [0.25, 0.3) is 0 Å². The summed E-state index contributed by atoms with van der Waals surface area (Å²) in [4.78, 5) is 9.93. The third-order valence-corrected chi connectivity index (χ3v) is 0.959. The second-order valence-electron chi connectivity index (χ2n) is 1.97. The molecule has 2 nitrogen and oxygen atoms in total. The van der Waals surface area contributed by atoms with E-state index in [4.69, 9.17) is 0 Å². The molecule has 2 heteroatoms. The van der Waals surface area contributed by atoms with Gasteiger partial charge in [-0.2, -0.15) is 0 Å². The monoisotopic (exact) mass is 113 g/mol. The lowest BCUT2D eigenvalue weighted by Crippen LogP contribution is -2.26. The SMILES string of the molecule is C=C(C(=O)[O-])C(C)C. The Morgan fingerprint density at radius 2 is 2.00 bits per heavy atom. The van der Waals surface area contributed by atoms with Crippen LogP contribution >= 0.6 is 0 Å². The Hall–Kier alpha value is -0.790. The highest BCUT2D eigenvalue weighted by Crippen LogP contribution is 2.03. The van der Waals surface area contributed by atoms with Crippen LogP contribution in [-0.4, -0.2) is 5.97 Å². The molecular weight excluding hydrogens is 104 g/mol. The van der Waals surface area contributed by atoms with Crippen molar-refractivity contribution in [3.05, 3.63) is 12.2 Å². The molecule has 0 aliphatic carbocycles. The predicted octanol–water partition coefficient (Wildman–Crippen LogP) is -0.0515. The summed E-state index contributed by atoms with van der Waals surface area (Å²) in [5, 5.41) is 9.93. The summed E-state index contributed by atoms with van der Waals surface area (Å²) in [5.41, 5.74) is 0.157. The minimum atomic E-state index is -1.15. The predicted molar refractivity (Wildman–Crippen MR) is 29.0 cm³/mol. The summed E-state index contributed by atoms with van der Waals surface area (Å²) < 4.78 is 0. The highest BCUT2D eigenvalue weighted by molar-refractivity contribution is 5.84. The lowest BCUT2D eigenvalue weighted by atomic mass is 10.1. The van der Waals surface area contributed by atoms with Crippen molar-refractivity contribution >= 4 is 5.97 Å². The van der Waals surface area contributed by atoms with E-state index in [0.29, 0.717) is 0 Å². The van der Waals surface area contributed by atoms with Gasteiger partial charge in [0.25, 0.3) is 0 Å². The minimum Gasteiger partial charge on any atom is -0.545 e. The van der Waals surface area contributed by atoms with Gasteiger partial charge in [0, 0.05) is 0 Å². The van der Waals surface area contributed by atoms with E-state index in [2.05, 4.69) is 6.58 Å². The van der Waals surface area contributed by atoms with Gasteiger partial charge in [0.05, 0.1) is 5.97 Å². The van der Waals surface area contributed by atoms with Crippen LogP contribution in [0.4, 0.5) is 0 Å². The number of hydrogen-bond acceptors (Lipinski definition) is 2. The third kappa shape index (κ3) is 1.78. The Kier molecular flexibility index (Phi) is 2.25. The number of aliphatic carboxylic acids is 1. The van der Waals surface area contributed by atoms with Crippen molar-refractivity contribution in [2.75, 3.05) is 0 Å². The second kappa shape index (κ2) is 2.50. The zero-order chi connectivity index (χ0) is 6.73. The largest absolute Gasteiger partial charge is 0.545 e. The highest BCUT2D eigenvalue weighted by Gasteiger charge is 1.97. The van der Waals surface area contributed by atoms with E-state index in [1.807, 2.05) is 0 Å². The molecule has 0 aliphatic rings. The first-order chi connectivity index (χ1) is 3.55. The van der Waals surface area contributed by atoms with Crippen molar-refractivity contribution < 1.29 is 9.90 Å². The van der Waals surface area contributed by atoms with E-state index in [1.54, 1.807) is 13.8 Å². The second-order valence-corrected chi connectivity index (χ2v) is 1.97. The molecule has 0 rings (SSSR count). The molecule has 0 atom stereocenters. The summed E-state index contributed by atoms with van der Waals surface area (Å²) in [6.07, 6.45) is 0. The summed E-state index contributed by atoms with van der Waals surface area (Å²) in [7, 11) is 0. The molecule has 0 N–H and O–H groups in total. The molecule has 0 radical (unpaired) electrons. The molecule has 0 fully saturated rings. The maximum atomic E-state index is 9.93. The van der Waals surface area contributed by atoms with Crippen molar-refractivity contribution in [2.45, 2.75) is 13.8 Å². The number of carbonyl (C=O) groups excluding carboxylic acids is 1. The molecule has 0 bridgehead atoms. The van der Waals surface area contributed by atoms with Crippen LogP contribution in [0.1, 0.15) is 13.8 Å². The molecule has 46 valence electrons. The molecule has 0 spiro atoms. The molecule has 0 heterocycles. The number of rotatable bonds is 2. The van der Waals surface area contributed by atoms with E-state index < -0.39 is 5.97 Å². The fourth-order valence-corrected chi connectivity index (χ4v) is 0.236. The van der Waals surface area contributed by atoms with Crippen molar-refractivity contribution in [2.24, 2.45) is 5.92 Å². The number of carbonyl (C=O) groups is 1. The lowest BCUT2D eigenvalue weighted by Gasteiger charge is -2.08. The highest BCUT2D eigenvalue weighted by atomic mass is 16.4. The minimum absolute atomic E-state index is 0.0139. The van der Waals surface area contributed by atoms with Gasteiger partial charge in [-0.1, -0.05) is 20.4 Å². The maximum Gasteiger partial charge on any atom is 0.0671 e. The van der Waals surface area contributed by atoms with Gasteiger partial charge in [-0.3, -0.25) is 0 Å². The fourth-order valence-electron chi connectivity index (χ4n) is 0.236. The van der Waals surface area contributed by atoms with E-state index in [-0.39, 0.29) is 11.5 Å². The molecule has 0 aromatic rings. The molecule has 0 unspecified atom stereocenters. The molecule has 0 saturated carbocycles. The third-order valence-electron chi connectivity index (χ3n) is 0.959. The Labute approximate surface area is 48.8 Å². The van der Waals surface area contributed by atoms with Gasteiger partial charge < -0.3 is 9.90 Å². The zero-order valence-corrected chi connectivity index (χ0v) is 5.10. The van der Waals surface area contributed by atoms with Crippen LogP contribution in [0.2, 0.25) is 0 Å². The first-order valence-electron chi connectivity index (χ1n) is 2.46.